The summed E-state index contributed by atoms with van der Waals surface area (Å²) in [6.45, 7) is 7.37. The molecule has 0 radical (unpaired) electrons. The van der Waals surface area contributed by atoms with Gasteiger partial charge in [-0.05, 0) is 36.2 Å². The van der Waals surface area contributed by atoms with E-state index in [9.17, 15) is 9.59 Å². The van der Waals surface area contributed by atoms with Crippen LogP contribution in [0.5, 0.6) is 0 Å². The van der Waals surface area contributed by atoms with Crippen molar-refractivity contribution in [3.05, 3.63) is 51.9 Å². The second-order valence-corrected chi connectivity index (χ2v) is 7.77. The SMILES string of the molecule is Cc1cc(NC(=O)C(C)(C)C)sc1C(=O)OCc1cccc(C#N)c1. The number of rotatable bonds is 4. The number of carbonyl (C=O) groups is 2. The summed E-state index contributed by atoms with van der Waals surface area (Å²) in [6.07, 6.45) is 0. The molecule has 0 spiro atoms. The van der Waals surface area contributed by atoms with Crippen LogP contribution in [0.4, 0.5) is 5.00 Å². The molecule has 2 aromatic rings. The Morgan fingerprint density at radius 3 is 2.64 bits per heavy atom. The fourth-order valence-corrected chi connectivity index (χ4v) is 2.95. The van der Waals surface area contributed by atoms with Gasteiger partial charge >= 0.3 is 5.97 Å². The Kier molecular flexibility index (Phi) is 5.60. The Labute approximate surface area is 151 Å². The molecule has 0 atom stereocenters. The van der Waals surface area contributed by atoms with E-state index in [1.54, 1.807) is 37.3 Å². The average Bonchev–Trinajstić information content (AvgIpc) is 2.92. The van der Waals surface area contributed by atoms with Crippen molar-refractivity contribution in [2.75, 3.05) is 5.32 Å². The Bertz CT molecular complexity index is 841. The zero-order chi connectivity index (χ0) is 18.6. The van der Waals surface area contributed by atoms with Gasteiger partial charge < -0.3 is 10.1 Å². The number of nitriles is 1. The number of nitrogens with zero attached hydrogens (tertiary/aromatic N) is 1. The van der Waals surface area contributed by atoms with Crippen LogP contribution < -0.4 is 5.32 Å². The number of amides is 1. The molecule has 0 unspecified atom stereocenters. The maximum Gasteiger partial charge on any atom is 0.348 e. The quantitative estimate of drug-likeness (QED) is 0.830. The van der Waals surface area contributed by atoms with Gasteiger partial charge in [-0.25, -0.2) is 4.79 Å². The van der Waals surface area contributed by atoms with Crippen molar-refractivity contribution in [3.8, 4) is 6.07 Å². The summed E-state index contributed by atoms with van der Waals surface area (Å²) in [5.41, 5.74) is 1.52. The minimum absolute atomic E-state index is 0.0926. The van der Waals surface area contributed by atoms with Gasteiger partial charge in [0.2, 0.25) is 5.91 Å². The summed E-state index contributed by atoms with van der Waals surface area (Å²) >= 11 is 1.20. The Morgan fingerprint density at radius 2 is 2.00 bits per heavy atom. The van der Waals surface area contributed by atoms with Crippen LogP contribution in [-0.2, 0) is 16.1 Å². The topological polar surface area (TPSA) is 79.2 Å². The lowest BCUT2D eigenvalue weighted by atomic mass is 9.96. The van der Waals surface area contributed by atoms with Crippen molar-refractivity contribution in [2.45, 2.75) is 34.3 Å². The molecule has 0 aliphatic heterocycles. The van der Waals surface area contributed by atoms with Crippen LogP contribution in [0.3, 0.4) is 0 Å². The first kappa shape index (κ1) is 18.7. The summed E-state index contributed by atoms with van der Waals surface area (Å²) in [5, 5.41) is 12.3. The summed E-state index contributed by atoms with van der Waals surface area (Å²) in [7, 11) is 0. The minimum Gasteiger partial charge on any atom is -0.457 e. The summed E-state index contributed by atoms with van der Waals surface area (Å²) in [4.78, 5) is 24.8. The van der Waals surface area contributed by atoms with Crippen LogP contribution in [0.1, 0.15) is 47.1 Å². The summed E-state index contributed by atoms with van der Waals surface area (Å²) in [6, 6.07) is 10.7. The highest BCUT2D eigenvalue weighted by Gasteiger charge is 2.23. The molecular weight excluding hydrogens is 336 g/mol. The van der Waals surface area contributed by atoms with E-state index in [4.69, 9.17) is 10.00 Å². The number of anilines is 1. The predicted molar refractivity (Wildman–Crippen MR) is 97.4 cm³/mol. The van der Waals surface area contributed by atoms with E-state index in [1.807, 2.05) is 20.8 Å². The van der Waals surface area contributed by atoms with E-state index in [0.717, 1.165) is 11.1 Å². The normalized spacial score (nSPS) is 10.8. The standard InChI is InChI=1S/C19H20N2O3S/c1-12-8-15(21-18(23)19(2,3)4)25-16(12)17(22)24-11-14-7-5-6-13(9-14)10-20/h5-9H,11H2,1-4H3,(H,21,23). The molecule has 5 nitrogen and oxygen atoms in total. The van der Waals surface area contributed by atoms with Gasteiger partial charge in [-0.2, -0.15) is 5.26 Å². The van der Waals surface area contributed by atoms with Gasteiger partial charge in [0.25, 0.3) is 0 Å². The number of carbonyl (C=O) groups excluding carboxylic acids is 2. The van der Waals surface area contributed by atoms with Gasteiger partial charge in [0.15, 0.2) is 0 Å². The highest BCUT2D eigenvalue weighted by molar-refractivity contribution is 7.18. The summed E-state index contributed by atoms with van der Waals surface area (Å²) < 4.78 is 5.33. The van der Waals surface area contributed by atoms with E-state index in [2.05, 4.69) is 11.4 Å². The van der Waals surface area contributed by atoms with Crippen molar-refractivity contribution in [1.82, 2.24) is 0 Å². The van der Waals surface area contributed by atoms with Gasteiger partial charge in [-0.3, -0.25) is 4.79 Å². The number of nitrogens with one attached hydrogen (secondary N) is 1. The number of thiophene rings is 1. The van der Waals surface area contributed by atoms with Crippen molar-refractivity contribution in [3.63, 3.8) is 0 Å². The highest BCUT2D eigenvalue weighted by Crippen LogP contribution is 2.29. The van der Waals surface area contributed by atoms with E-state index in [-0.39, 0.29) is 12.5 Å². The number of benzene rings is 1. The van der Waals surface area contributed by atoms with Gasteiger partial charge in [0.05, 0.1) is 16.6 Å². The lowest BCUT2D eigenvalue weighted by molar-refractivity contribution is -0.123. The van der Waals surface area contributed by atoms with Gasteiger partial charge in [-0.1, -0.05) is 32.9 Å². The number of hydrogen-bond donors (Lipinski definition) is 1. The number of aryl methyl sites for hydroxylation is 1. The maximum absolute atomic E-state index is 12.3. The molecule has 0 fully saturated rings. The molecular formula is C19H20N2O3S. The van der Waals surface area contributed by atoms with Crippen molar-refractivity contribution in [2.24, 2.45) is 5.41 Å². The van der Waals surface area contributed by atoms with Crippen LogP contribution >= 0.6 is 11.3 Å². The van der Waals surface area contributed by atoms with Gasteiger partial charge in [0, 0.05) is 5.41 Å². The first-order valence-corrected chi connectivity index (χ1v) is 8.60. The molecule has 130 valence electrons. The zero-order valence-electron chi connectivity index (χ0n) is 14.7. The fraction of sp³-hybridized carbons (Fsp3) is 0.316. The highest BCUT2D eigenvalue weighted by atomic mass is 32.1. The lowest BCUT2D eigenvalue weighted by Gasteiger charge is -2.16. The van der Waals surface area contributed by atoms with Crippen LogP contribution in [0.15, 0.2) is 30.3 Å². The third-order valence-electron chi connectivity index (χ3n) is 3.45. The lowest BCUT2D eigenvalue weighted by Crippen LogP contribution is -2.27. The molecule has 0 aliphatic carbocycles. The largest absolute Gasteiger partial charge is 0.457 e. The Morgan fingerprint density at radius 1 is 1.28 bits per heavy atom. The molecule has 0 bridgehead atoms. The Hall–Kier alpha value is -2.65. The van der Waals surface area contributed by atoms with E-state index in [1.165, 1.54) is 11.3 Å². The molecule has 2 rings (SSSR count). The molecule has 25 heavy (non-hydrogen) atoms. The monoisotopic (exact) mass is 356 g/mol. The first-order valence-electron chi connectivity index (χ1n) is 7.79. The second kappa shape index (κ2) is 7.49. The third-order valence-corrected chi connectivity index (χ3v) is 4.58. The van der Waals surface area contributed by atoms with Crippen LogP contribution in [-0.4, -0.2) is 11.9 Å². The number of hydrogen-bond acceptors (Lipinski definition) is 5. The molecule has 1 aromatic heterocycles. The molecule has 1 heterocycles. The van der Waals surface area contributed by atoms with E-state index in [0.29, 0.717) is 15.4 Å². The Balaban J connectivity index is 2.04. The van der Waals surface area contributed by atoms with Crippen molar-refractivity contribution < 1.29 is 14.3 Å². The molecule has 1 N–H and O–H groups in total. The molecule has 1 aromatic carbocycles. The number of esters is 1. The molecule has 6 heteroatoms. The predicted octanol–water partition coefficient (Wildman–Crippen LogP) is 4.27. The molecule has 1 amide bonds. The molecule has 0 saturated carbocycles. The van der Waals surface area contributed by atoms with Crippen molar-refractivity contribution >= 4 is 28.2 Å². The fourth-order valence-electron chi connectivity index (χ4n) is 1.99. The zero-order valence-corrected chi connectivity index (χ0v) is 15.5. The van der Waals surface area contributed by atoms with Gasteiger partial charge in [0.1, 0.15) is 11.5 Å². The first-order chi connectivity index (χ1) is 11.7. The maximum atomic E-state index is 12.3. The minimum atomic E-state index is -0.510. The van der Waals surface area contributed by atoms with Gasteiger partial charge in [-0.15, -0.1) is 11.3 Å². The average molecular weight is 356 g/mol. The van der Waals surface area contributed by atoms with Crippen LogP contribution in [0.2, 0.25) is 0 Å². The van der Waals surface area contributed by atoms with Crippen molar-refractivity contribution in [1.29, 1.82) is 5.26 Å². The second-order valence-electron chi connectivity index (χ2n) is 6.72. The van der Waals surface area contributed by atoms with E-state index < -0.39 is 11.4 Å². The number of ether oxygens (including phenoxy) is 1. The third kappa shape index (κ3) is 4.91. The molecule has 0 saturated heterocycles. The smallest absolute Gasteiger partial charge is 0.348 e. The molecule has 0 aliphatic rings. The summed E-state index contributed by atoms with van der Waals surface area (Å²) in [5.74, 6) is -0.553. The van der Waals surface area contributed by atoms with E-state index >= 15 is 0 Å². The van der Waals surface area contributed by atoms with Crippen LogP contribution in [0.25, 0.3) is 0 Å². The van der Waals surface area contributed by atoms with Crippen LogP contribution in [0, 0.1) is 23.7 Å².